The van der Waals surface area contributed by atoms with E-state index in [1.54, 1.807) is 0 Å². The highest BCUT2D eigenvalue weighted by molar-refractivity contribution is 6.00. The monoisotopic (exact) mass is 306 g/mol. The van der Waals surface area contributed by atoms with Crippen molar-refractivity contribution in [1.29, 1.82) is 0 Å². The standard InChI is InChI=1S/C19H16O2.C2H6/c1-2-12-6-7-15-14(8-12)11-21-19-10-16-13(9-17(15)19)4-3-5-18(16)20;1-2/h2,6-10H,1,3-5,11H2;1-2H3. The van der Waals surface area contributed by atoms with Gasteiger partial charge in [-0.25, -0.2) is 0 Å². The number of hydrogen-bond acceptors (Lipinski definition) is 2. The Bertz CT molecular complexity index is 772. The summed E-state index contributed by atoms with van der Waals surface area (Å²) in [4.78, 5) is 12.0. The maximum Gasteiger partial charge on any atom is 0.163 e. The fourth-order valence-electron chi connectivity index (χ4n) is 3.27. The van der Waals surface area contributed by atoms with Gasteiger partial charge in [0.2, 0.25) is 0 Å². The third-order valence-electron chi connectivity index (χ3n) is 4.39. The Hall–Kier alpha value is -2.35. The van der Waals surface area contributed by atoms with Gasteiger partial charge in [-0.05, 0) is 53.3 Å². The lowest BCUT2D eigenvalue weighted by atomic mass is 9.86. The molecule has 0 aromatic heterocycles. The highest BCUT2D eigenvalue weighted by atomic mass is 16.5. The van der Waals surface area contributed by atoms with Gasteiger partial charge >= 0.3 is 0 Å². The Balaban J connectivity index is 0.000000753. The fraction of sp³-hybridized carbons (Fsp3) is 0.286. The van der Waals surface area contributed by atoms with Crippen molar-refractivity contribution in [2.45, 2.75) is 39.7 Å². The van der Waals surface area contributed by atoms with Crippen LogP contribution < -0.4 is 4.74 Å². The molecule has 2 nitrogen and oxygen atoms in total. The molecule has 0 bridgehead atoms. The highest BCUT2D eigenvalue weighted by Crippen LogP contribution is 2.41. The summed E-state index contributed by atoms with van der Waals surface area (Å²) in [5, 5.41) is 0. The molecule has 0 fully saturated rings. The smallest absolute Gasteiger partial charge is 0.163 e. The van der Waals surface area contributed by atoms with Gasteiger partial charge in [-0.1, -0.05) is 38.6 Å². The van der Waals surface area contributed by atoms with Gasteiger partial charge in [-0.15, -0.1) is 0 Å². The van der Waals surface area contributed by atoms with Crippen LogP contribution in [0, 0.1) is 0 Å². The first kappa shape index (κ1) is 15.5. The lowest BCUT2D eigenvalue weighted by Crippen LogP contribution is -2.13. The number of ketones is 1. The summed E-state index contributed by atoms with van der Waals surface area (Å²) in [6.45, 7) is 8.36. The molecule has 4 rings (SSSR count). The molecule has 118 valence electrons. The predicted octanol–water partition coefficient (Wildman–Crippen LogP) is 5.43. The van der Waals surface area contributed by atoms with Gasteiger partial charge in [0.05, 0.1) is 0 Å². The molecule has 0 saturated heterocycles. The average Bonchev–Trinajstić information content (AvgIpc) is 2.62. The highest BCUT2D eigenvalue weighted by Gasteiger charge is 2.24. The molecule has 23 heavy (non-hydrogen) atoms. The van der Waals surface area contributed by atoms with E-state index in [2.05, 4.69) is 30.8 Å². The number of rotatable bonds is 1. The molecular formula is C21H22O2. The fourth-order valence-corrected chi connectivity index (χ4v) is 3.27. The van der Waals surface area contributed by atoms with Crippen molar-refractivity contribution < 1.29 is 9.53 Å². The van der Waals surface area contributed by atoms with Gasteiger partial charge in [0.15, 0.2) is 5.78 Å². The van der Waals surface area contributed by atoms with Crippen LogP contribution in [0.2, 0.25) is 0 Å². The van der Waals surface area contributed by atoms with Crippen molar-refractivity contribution in [3.63, 3.8) is 0 Å². The molecule has 1 aliphatic heterocycles. The Morgan fingerprint density at radius 3 is 2.61 bits per heavy atom. The largest absolute Gasteiger partial charge is 0.488 e. The van der Waals surface area contributed by atoms with Crippen molar-refractivity contribution in [1.82, 2.24) is 0 Å². The van der Waals surface area contributed by atoms with Gasteiger partial charge in [0, 0.05) is 17.5 Å². The first-order valence-electron chi connectivity index (χ1n) is 8.35. The van der Waals surface area contributed by atoms with E-state index in [0.29, 0.717) is 13.0 Å². The van der Waals surface area contributed by atoms with Crippen LogP contribution >= 0.6 is 0 Å². The molecule has 2 aromatic carbocycles. The van der Waals surface area contributed by atoms with Crippen LogP contribution in [0.25, 0.3) is 17.2 Å². The molecule has 2 aromatic rings. The summed E-state index contributed by atoms with van der Waals surface area (Å²) in [6.07, 6.45) is 4.44. The second-order valence-corrected chi connectivity index (χ2v) is 5.69. The number of fused-ring (bicyclic) bond motifs is 4. The van der Waals surface area contributed by atoms with Crippen molar-refractivity contribution in [2.75, 3.05) is 0 Å². The maximum atomic E-state index is 12.0. The van der Waals surface area contributed by atoms with Crippen LogP contribution in [0.1, 0.15) is 53.7 Å². The molecule has 1 heterocycles. The summed E-state index contributed by atoms with van der Waals surface area (Å²) in [5.74, 6) is 1.08. The van der Waals surface area contributed by atoms with Crippen LogP contribution in [-0.4, -0.2) is 5.78 Å². The normalized spacial score (nSPS) is 14.4. The summed E-state index contributed by atoms with van der Waals surface area (Å²) < 4.78 is 5.88. The minimum Gasteiger partial charge on any atom is -0.488 e. The van der Waals surface area contributed by atoms with E-state index in [4.69, 9.17) is 4.74 Å². The zero-order chi connectivity index (χ0) is 16.4. The van der Waals surface area contributed by atoms with Gasteiger partial charge in [-0.3, -0.25) is 4.79 Å². The van der Waals surface area contributed by atoms with E-state index in [0.717, 1.165) is 40.8 Å². The topological polar surface area (TPSA) is 26.3 Å². The average molecular weight is 306 g/mol. The van der Waals surface area contributed by atoms with E-state index in [1.165, 1.54) is 11.1 Å². The lowest BCUT2D eigenvalue weighted by Gasteiger charge is -2.24. The molecule has 0 N–H and O–H groups in total. The molecule has 0 unspecified atom stereocenters. The van der Waals surface area contributed by atoms with Gasteiger partial charge < -0.3 is 4.74 Å². The quantitative estimate of drug-likeness (QED) is 0.701. The van der Waals surface area contributed by atoms with Crippen LogP contribution in [0.5, 0.6) is 5.75 Å². The Morgan fingerprint density at radius 2 is 1.83 bits per heavy atom. The van der Waals surface area contributed by atoms with Crippen LogP contribution in [-0.2, 0) is 13.0 Å². The molecule has 0 amide bonds. The molecule has 0 atom stereocenters. The second-order valence-electron chi connectivity index (χ2n) is 5.69. The maximum absolute atomic E-state index is 12.0. The number of Topliss-reactive ketones (excluding diaryl/α,β-unsaturated/α-hetero) is 1. The number of benzene rings is 2. The summed E-state index contributed by atoms with van der Waals surface area (Å²) in [5.41, 5.74) is 6.62. The predicted molar refractivity (Wildman–Crippen MR) is 94.9 cm³/mol. The Labute approximate surface area is 137 Å². The van der Waals surface area contributed by atoms with E-state index < -0.39 is 0 Å². The molecule has 0 spiro atoms. The molecule has 2 aliphatic rings. The van der Waals surface area contributed by atoms with E-state index >= 15 is 0 Å². The number of carbonyl (C=O) groups excluding carboxylic acids is 1. The third-order valence-corrected chi connectivity index (χ3v) is 4.39. The summed E-state index contributed by atoms with van der Waals surface area (Å²) >= 11 is 0. The van der Waals surface area contributed by atoms with E-state index in [9.17, 15) is 4.79 Å². The van der Waals surface area contributed by atoms with Crippen LogP contribution in [0.4, 0.5) is 0 Å². The van der Waals surface area contributed by atoms with Crippen molar-refractivity contribution in [3.8, 4) is 16.9 Å². The first-order valence-corrected chi connectivity index (χ1v) is 8.35. The van der Waals surface area contributed by atoms with E-state index in [-0.39, 0.29) is 5.78 Å². The summed E-state index contributed by atoms with van der Waals surface area (Å²) in [7, 11) is 0. The zero-order valence-electron chi connectivity index (χ0n) is 13.8. The van der Waals surface area contributed by atoms with Crippen molar-refractivity contribution >= 4 is 11.9 Å². The molecule has 0 radical (unpaired) electrons. The minimum absolute atomic E-state index is 0.246. The zero-order valence-corrected chi connectivity index (χ0v) is 13.8. The minimum atomic E-state index is 0.246. The number of carbonyl (C=O) groups is 1. The third kappa shape index (κ3) is 2.70. The number of aryl methyl sites for hydroxylation is 1. The SMILES string of the molecule is C=Cc1ccc2c(c1)COc1cc3c(cc1-2)CCCC3=O.CC. The lowest BCUT2D eigenvalue weighted by molar-refractivity contribution is 0.0972. The number of hydrogen-bond donors (Lipinski definition) is 0. The van der Waals surface area contributed by atoms with Crippen LogP contribution in [0.15, 0.2) is 36.9 Å². The summed E-state index contributed by atoms with van der Waals surface area (Å²) in [6, 6.07) is 10.4. The Kier molecular flexibility index (Phi) is 4.33. The van der Waals surface area contributed by atoms with Crippen molar-refractivity contribution in [3.05, 3.63) is 59.2 Å². The molecule has 2 heteroatoms. The van der Waals surface area contributed by atoms with Gasteiger partial charge in [-0.2, -0.15) is 0 Å². The Morgan fingerprint density at radius 1 is 1.00 bits per heavy atom. The van der Waals surface area contributed by atoms with Crippen molar-refractivity contribution in [2.24, 2.45) is 0 Å². The molecular weight excluding hydrogens is 284 g/mol. The van der Waals surface area contributed by atoms with Gasteiger partial charge in [0.25, 0.3) is 0 Å². The van der Waals surface area contributed by atoms with Crippen LogP contribution in [0.3, 0.4) is 0 Å². The molecule has 1 aliphatic carbocycles. The van der Waals surface area contributed by atoms with Gasteiger partial charge in [0.1, 0.15) is 12.4 Å². The molecule has 0 saturated carbocycles. The number of ether oxygens (including phenoxy) is 1. The first-order chi connectivity index (χ1) is 11.3. The van der Waals surface area contributed by atoms with E-state index in [1.807, 2.05) is 26.0 Å². The second kappa shape index (κ2) is 6.41.